The van der Waals surface area contributed by atoms with Crippen molar-refractivity contribution in [3.63, 3.8) is 0 Å². The number of anilines is 2. The van der Waals surface area contributed by atoms with Crippen LogP contribution in [0.4, 0.5) is 21.0 Å². The van der Waals surface area contributed by atoms with Gasteiger partial charge in [0.2, 0.25) is 0 Å². The van der Waals surface area contributed by atoms with Gasteiger partial charge < -0.3 is 15.5 Å². The number of rotatable bonds is 6. The molecule has 4 rings (SSSR count). The van der Waals surface area contributed by atoms with Crippen LogP contribution in [0.1, 0.15) is 36.1 Å². The summed E-state index contributed by atoms with van der Waals surface area (Å²) in [5.41, 5.74) is 4.48. The summed E-state index contributed by atoms with van der Waals surface area (Å²) in [4.78, 5) is 29.8. The minimum absolute atomic E-state index is 0.0301. The fraction of sp³-hybridized carbons (Fsp3) is 0.259. The molecule has 3 aromatic carbocycles. The second kappa shape index (κ2) is 10.2. The van der Waals surface area contributed by atoms with Crippen LogP contribution in [0.15, 0.2) is 78.9 Å². The molecule has 6 nitrogen and oxygen atoms in total. The quantitative estimate of drug-likeness (QED) is 0.514. The van der Waals surface area contributed by atoms with E-state index in [0.29, 0.717) is 31.0 Å². The molecule has 0 radical (unpaired) electrons. The van der Waals surface area contributed by atoms with Gasteiger partial charge in [0.1, 0.15) is 0 Å². The van der Waals surface area contributed by atoms with Crippen LogP contribution in [0, 0.1) is 6.92 Å². The van der Waals surface area contributed by atoms with E-state index >= 15 is 0 Å². The van der Waals surface area contributed by atoms with E-state index in [1.165, 1.54) is 0 Å². The van der Waals surface area contributed by atoms with Crippen molar-refractivity contribution in [1.29, 1.82) is 0 Å². The molecule has 0 aromatic heterocycles. The van der Waals surface area contributed by atoms with Crippen LogP contribution in [-0.4, -0.2) is 30.1 Å². The second-order valence-corrected chi connectivity index (χ2v) is 8.38. The number of carbonyl (C=O) groups is 2. The molecular formula is C27H30N4O2. The van der Waals surface area contributed by atoms with Gasteiger partial charge in [-0.1, -0.05) is 66.7 Å². The maximum atomic E-state index is 13.5. The summed E-state index contributed by atoms with van der Waals surface area (Å²) in [6.07, 6.45) is 0.858. The van der Waals surface area contributed by atoms with Gasteiger partial charge in [0.15, 0.2) is 0 Å². The van der Waals surface area contributed by atoms with E-state index in [0.717, 1.165) is 23.1 Å². The lowest BCUT2D eigenvalue weighted by atomic mass is 10.1. The highest BCUT2D eigenvalue weighted by Crippen LogP contribution is 2.32. The van der Waals surface area contributed by atoms with Crippen molar-refractivity contribution in [1.82, 2.24) is 10.2 Å². The summed E-state index contributed by atoms with van der Waals surface area (Å²) in [6.45, 7) is 5.78. The highest BCUT2D eigenvalue weighted by Gasteiger charge is 2.32. The first kappa shape index (κ1) is 22.4. The number of carbonyl (C=O) groups excluding carboxylic acids is 2. The Morgan fingerprint density at radius 2 is 1.67 bits per heavy atom. The van der Waals surface area contributed by atoms with Crippen molar-refractivity contribution in [3.05, 3.63) is 95.6 Å². The lowest BCUT2D eigenvalue weighted by Gasteiger charge is -2.39. The highest BCUT2D eigenvalue weighted by atomic mass is 16.2. The van der Waals surface area contributed by atoms with Crippen LogP contribution in [0.2, 0.25) is 0 Å². The predicted octanol–water partition coefficient (Wildman–Crippen LogP) is 5.71. The van der Waals surface area contributed by atoms with Crippen molar-refractivity contribution in [2.24, 2.45) is 0 Å². The standard InChI is InChI=1S/C27H30N4O2/c1-20-14-15-25(24(18-20)29-26(32)28-19-22-10-5-3-6-11-22)31-17-9-16-30(27(31)33)21(2)23-12-7-4-8-13-23/h3-8,10-15,18,21H,9,16-17,19H2,1-2H3,(H2,28,29,32). The number of nitrogens with zero attached hydrogens (tertiary/aromatic N) is 2. The van der Waals surface area contributed by atoms with Crippen LogP contribution < -0.4 is 15.5 Å². The lowest BCUT2D eigenvalue weighted by Crippen LogP contribution is -2.50. The van der Waals surface area contributed by atoms with Crippen LogP contribution >= 0.6 is 0 Å². The molecule has 0 saturated carbocycles. The maximum Gasteiger partial charge on any atom is 0.325 e. The molecule has 6 heteroatoms. The minimum atomic E-state index is -0.301. The van der Waals surface area contributed by atoms with Gasteiger partial charge in [0.25, 0.3) is 0 Å². The molecule has 1 saturated heterocycles. The molecule has 33 heavy (non-hydrogen) atoms. The van der Waals surface area contributed by atoms with Gasteiger partial charge in [-0.2, -0.15) is 0 Å². The molecule has 2 N–H and O–H groups in total. The number of amides is 4. The number of benzene rings is 3. The fourth-order valence-corrected chi connectivity index (χ4v) is 4.17. The monoisotopic (exact) mass is 442 g/mol. The van der Waals surface area contributed by atoms with Gasteiger partial charge in [0.05, 0.1) is 17.4 Å². The number of hydrogen-bond acceptors (Lipinski definition) is 2. The summed E-state index contributed by atoms with van der Waals surface area (Å²) >= 11 is 0. The largest absolute Gasteiger partial charge is 0.334 e. The first-order chi connectivity index (χ1) is 16.0. The Morgan fingerprint density at radius 1 is 0.970 bits per heavy atom. The molecule has 3 aromatic rings. The van der Waals surface area contributed by atoms with E-state index in [2.05, 4.69) is 17.6 Å². The maximum absolute atomic E-state index is 13.5. The normalized spacial score (nSPS) is 14.7. The zero-order valence-electron chi connectivity index (χ0n) is 19.1. The van der Waals surface area contributed by atoms with Crippen molar-refractivity contribution >= 4 is 23.4 Å². The Labute approximate surface area is 195 Å². The minimum Gasteiger partial charge on any atom is -0.334 e. The van der Waals surface area contributed by atoms with Gasteiger partial charge in [-0.3, -0.25) is 4.90 Å². The number of urea groups is 2. The Hall–Kier alpha value is -3.80. The first-order valence-electron chi connectivity index (χ1n) is 11.4. The summed E-state index contributed by atoms with van der Waals surface area (Å²) in [5, 5.41) is 5.85. The molecule has 1 atom stereocenters. The fourth-order valence-electron chi connectivity index (χ4n) is 4.17. The predicted molar refractivity (Wildman–Crippen MR) is 132 cm³/mol. The van der Waals surface area contributed by atoms with Crippen LogP contribution in [-0.2, 0) is 6.54 Å². The van der Waals surface area contributed by atoms with Crippen LogP contribution in [0.5, 0.6) is 0 Å². The molecular weight excluding hydrogens is 412 g/mol. The molecule has 0 aliphatic carbocycles. The van der Waals surface area contributed by atoms with E-state index < -0.39 is 0 Å². The van der Waals surface area contributed by atoms with Crippen molar-refractivity contribution < 1.29 is 9.59 Å². The van der Waals surface area contributed by atoms with Gasteiger partial charge in [-0.05, 0) is 49.1 Å². The van der Waals surface area contributed by atoms with Crippen LogP contribution in [0.3, 0.4) is 0 Å². The Bertz CT molecular complexity index is 1100. The van der Waals surface area contributed by atoms with E-state index in [4.69, 9.17) is 0 Å². The number of nitrogens with one attached hydrogen (secondary N) is 2. The third-order valence-electron chi connectivity index (χ3n) is 5.99. The van der Waals surface area contributed by atoms with E-state index in [-0.39, 0.29) is 18.1 Å². The molecule has 1 aliphatic rings. The molecule has 170 valence electrons. The number of aryl methyl sites for hydroxylation is 1. The molecule has 4 amide bonds. The SMILES string of the molecule is Cc1ccc(N2CCCN(C(C)c3ccccc3)C2=O)c(NC(=O)NCc2ccccc2)c1. The summed E-state index contributed by atoms with van der Waals surface area (Å²) in [6, 6.07) is 25.2. The first-order valence-corrected chi connectivity index (χ1v) is 11.4. The van der Waals surface area contributed by atoms with Gasteiger partial charge in [0, 0.05) is 19.6 Å². The summed E-state index contributed by atoms with van der Waals surface area (Å²) in [5.74, 6) is 0. The summed E-state index contributed by atoms with van der Waals surface area (Å²) in [7, 11) is 0. The molecule has 0 spiro atoms. The van der Waals surface area contributed by atoms with Gasteiger partial charge in [-0.25, -0.2) is 9.59 Å². The molecule has 0 bridgehead atoms. The average molecular weight is 443 g/mol. The van der Waals surface area contributed by atoms with Crippen molar-refractivity contribution in [2.45, 2.75) is 32.9 Å². The third-order valence-corrected chi connectivity index (χ3v) is 5.99. The van der Waals surface area contributed by atoms with Crippen molar-refractivity contribution in [2.75, 3.05) is 23.3 Å². The van der Waals surface area contributed by atoms with Gasteiger partial charge in [-0.15, -0.1) is 0 Å². The van der Waals surface area contributed by atoms with Crippen molar-refractivity contribution in [3.8, 4) is 0 Å². The molecule has 1 aliphatic heterocycles. The zero-order chi connectivity index (χ0) is 23.2. The molecule has 1 fully saturated rings. The van der Waals surface area contributed by atoms with E-state index in [9.17, 15) is 9.59 Å². The highest BCUT2D eigenvalue weighted by molar-refractivity contribution is 6.00. The Balaban J connectivity index is 1.51. The number of hydrogen-bond donors (Lipinski definition) is 2. The average Bonchev–Trinajstić information content (AvgIpc) is 2.84. The Morgan fingerprint density at radius 3 is 2.39 bits per heavy atom. The molecule has 1 heterocycles. The summed E-state index contributed by atoms with van der Waals surface area (Å²) < 4.78 is 0. The zero-order valence-corrected chi connectivity index (χ0v) is 19.1. The lowest BCUT2D eigenvalue weighted by molar-refractivity contribution is 0.175. The molecule has 1 unspecified atom stereocenters. The topological polar surface area (TPSA) is 64.7 Å². The Kier molecular flexibility index (Phi) is 6.93. The van der Waals surface area contributed by atoms with Gasteiger partial charge >= 0.3 is 12.1 Å². The van der Waals surface area contributed by atoms with E-state index in [1.807, 2.05) is 90.7 Å². The smallest absolute Gasteiger partial charge is 0.325 e. The van der Waals surface area contributed by atoms with Crippen LogP contribution in [0.25, 0.3) is 0 Å². The second-order valence-electron chi connectivity index (χ2n) is 8.38. The third kappa shape index (κ3) is 5.34. The van der Waals surface area contributed by atoms with E-state index in [1.54, 1.807) is 4.90 Å².